The summed E-state index contributed by atoms with van der Waals surface area (Å²) >= 11 is 6.04. The van der Waals surface area contributed by atoms with Crippen LogP contribution in [0.25, 0.3) is 0 Å². The highest BCUT2D eigenvalue weighted by Crippen LogP contribution is 2.22. The molecule has 1 atom stereocenters. The third-order valence-electron chi connectivity index (χ3n) is 3.22. The molecule has 0 amide bonds. The lowest BCUT2D eigenvalue weighted by atomic mass is 10.1. The summed E-state index contributed by atoms with van der Waals surface area (Å²) in [4.78, 5) is 9.02. The van der Waals surface area contributed by atoms with E-state index < -0.39 is 0 Å². The van der Waals surface area contributed by atoms with E-state index in [2.05, 4.69) is 40.5 Å². The van der Waals surface area contributed by atoms with Crippen molar-refractivity contribution in [2.45, 2.75) is 32.7 Å². The van der Waals surface area contributed by atoms with Gasteiger partial charge < -0.3 is 10.6 Å². The standard InChI is InChI=1S/C16H21ClN4/c1-4-6-14-20-15(18-3)10-16(21-14)19-11(2)12-7-5-8-13(17)9-12/h5,7-11H,4,6H2,1-3H3,(H2,18,19,20,21). The summed E-state index contributed by atoms with van der Waals surface area (Å²) in [6, 6.07) is 9.89. The van der Waals surface area contributed by atoms with Crippen LogP contribution in [0.3, 0.4) is 0 Å². The summed E-state index contributed by atoms with van der Waals surface area (Å²) < 4.78 is 0. The Balaban J connectivity index is 2.19. The Morgan fingerprint density at radius 3 is 2.62 bits per heavy atom. The molecule has 1 aromatic carbocycles. The van der Waals surface area contributed by atoms with Crippen LogP contribution >= 0.6 is 11.6 Å². The number of aromatic nitrogens is 2. The monoisotopic (exact) mass is 304 g/mol. The predicted molar refractivity (Wildman–Crippen MR) is 89.1 cm³/mol. The second-order valence-electron chi connectivity index (χ2n) is 4.98. The van der Waals surface area contributed by atoms with Gasteiger partial charge in [0.2, 0.25) is 0 Å². The molecule has 0 spiro atoms. The number of hydrogen-bond acceptors (Lipinski definition) is 4. The molecule has 5 heteroatoms. The van der Waals surface area contributed by atoms with Crippen LogP contribution in [0.5, 0.6) is 0 Å². The molecule has 2 rings (SSSR count). The smallest absolute Gasteiger partial charge is 0.133 e. The minimum atomic E-state index is 0.123. The molecule has 0 aliphatic rings. The summed E-state index contributed by atoms with van der Waals surface area (Å²) in [5.74, 6) is 2.50. The summed E-state index contributed by atoms with van der Waals surface area (Å²) in [5.41, 5.74) is 1.13. The minimum absolute atomic E-state index is 0.123. The Bertz CT molecular complexity index is 601. The first-order valence-electron chi connectivity index (χ1n) is 7.20. The second-order valence-corrected chi connectivity index (χ2v) is 5.41. The molecule has 2 aromatic rings. The van der Waals surface area contributed by atoms with Crippen molar-refractivity contribution >= 4 is 23.2 Å². The van der Waals surface area contributed by atoms with Crippen molar-refractivity contribution in [3.05, 3.63) is 46.7 Å². The third-order valence-corrected chi connectivity index (χ3v) is 3.45. The van der Waals surface area contributed by atoms with Crippen molar-refractivity contribution in [2.24, 2.45) is 0 Å². The predicted octanol–water partition coefficient (Wildman–Crippen LogP) is 4.30. The van der Waals surface area contributed by atoms with Crippen LogP contribution in [-0.4, -0.2) is 17.0 Å². The van der Waals surface area contributed by atoms with E-state index in [-0.39, 0.29) is 6.04 Å². The summed E-state index contributed by atoms with van der Waals surface area (Å²) in [7, 11) is 1.86. The van der Waals surface area contributed by atoms with Crippen molar-refractivity contribution in [1.82, 2.24) is 9.97 Å². The molecule has 0 radical (unpaired) electrons. The SMILES string of the molecule is CCCc1nc(NC)cc(NC(C)c2cccc(Cl)c2)n1. The van der Waals surface area contributed by atoms with Gasteiger partial charge in [-0.25, -0.2) is 9.97 Å². The number of aryl methyl sites for hydroxylation is 1. The molecule has 1 heterocycles. The molecule has 0 aliphatic carbocycles. The van der Waals surface area contributed by atoms with Gasteiger partial charge in [-0.1, -0.05) is 30.7 Å². The number of rotatable bonds is 6. The highest BCUT2D eigenvalue weighted by molar-refractivity contribution is 6.30. The topological polar surface area (TPSA) is 49.8 Å². The lowest BCUT2D eigenvalue weighted by molar-refractivity contribution is 0.820. The number of anilines is 2. The first kappa shape index (κ1) is 15.6. The lowest BCUT2D eigenvalue weighted by Gasteiger charge is -2.16. The van der Waals surface area contributed by atoms with Crippen LogP contribution in [0.15, 0.2) is 30.3 Å². The van der Waals surface area contributed by atoms with Gasteiger partial charge in [0.25, 0.3) is 0 Å². The van der Waals surface area contributed by atoms with Gasteiger partial charge in [-0.15, -0.1) is 0 Å². The van der Waals surface area contributed by atoms with Crippen LogP contribution in [-0.2, 0) is 6.42 Å². The number of hydrogen-bond donors (Lipinski definition) is 2. The average Bonchev–Trinajstić information content (AvgIpc) is 2.47. The molecule has 21 heavy (non-hydrogen) atoms. The van der Waals surface area contributed by atoms with Crippen molar-refractivity contribution in [2.75, 3.05) is 17.7 Å². The molecule has 0 bridgehead atoms. The molecule has 0 saturated heterocycles. The average molecular weight is 305 g/mol. The molecule has 1 unspecified atom stereocenters. The largest absolute Gasteiger partial charge is 0.373 e. The van der Waals surface area contributed by atoms with Gasteiger partial charge in [0.1, 0.15) is 17.5 Å². The van der Waals surface area contributed by atoms with E-state index >= 15 is 0 Å². The number of benzene rings is 1. The van der Waals surface area contributed by atoms with Crippen molar-refractivity contribution < 1.29 is 0 Å². The lowest BCUT2D eigenvalue weighted by Crippen LogP contribution is -2.10. The maximum absolute atomic E-state index is 6.04. The van der Waals surface area contributed by atoms with E-state index in [0.29, 0.717) is 0 Å². The van der Waals surface area contributed by atoms with Gasteiger partial charge in [0.15, 0.2) is 0 Å². The van der Waals surface area contributed by atoms with E-state index in [1.807, 2.05) is 31.3 Å². The van der Waals surface area contributed by atoms with Crippen molar-refractivity contribution in [1.29, 1.82) is 0 Å². The number of halogens is 1. The first-order chi connectivity index (χ1) is 10.1. The molecule has 0 aliphatic heterocycles. The second kappa shape index (κ2) is 7.27. The molecular formula is C16H21ClN4. The van der Waals surface area contributed by atoms with Gasteiger partial charge in [-0.05, 0) is 31.0 Å². The fourth-order valence-electron chi connectivity index (χ4n) is 2.12. The fraction of sp³-hybridized carbons (Fsp3) is 0.375. The first-order valence-corrected chi connectivity index (χ1v) is 7.58. The van der Waals surface area contributed by atoms with E-state index in [0.717, 1.165) is 40.9 Å². The zero-order valence-electron chi connectivity index (χ0n) is 12.7. The summed E-state index contributed by atoms with van der Waals surface area (Å²) in [5, 5.41) is 7.23. The van der Waals surface area contributed by atoms with Gasteiger partial charge in [0.05, 0.1) is 0 Å². The molecule has 0 fully saturated rings. The maximum atomic E-state index is 6.04. The number of nitrogens with one attached hydrogen (secondary N) is 2. The van der Waals surface area contributed by atoms with Crippen molar-refractivity contribution in [3.63, 3.8) is 0 Å². The van der Waals surface area contributed by atoms with E-state index in [4.69, 9.17) is 11.6 Å². The quantitative estimate of drug-likeness (QED) is 0.835. The van der Waals surface area contributed by atoms with E-state index in [1.165, 1.54) is 0 Å². The fourth-order valence-corrected chi connectivity index (χ4v) is 2.31. The van der Waals surface area contributed by atoms with Crippen LogP contribution < -0.4 is 10.6 Å². The highest BCUT2D eigenvalue weighted by Gasteiger charge is 2.09. The Labute approximate surface area is 131 Å². The molecule has 4 nitrogen and oxygen atoms in total. The number of nitrogens with zero attached hydrogens (tertiary/aromatic N) is 2. The molecule has 0 saturated carbocycles. The maximum Gasteiger partial charge on any atom is 0.133 e. The minimum Gasteiger partial charge on any atom is -0.373 e. The van der Waals surface area contributed by atoms with Gasteiger partial charge in [-0.3, -0.25) is 0 Å². The van der Waals surface area contributed by atoms with Crippen molar-refractivity contribution in [3.8, 4) is 0 Å². The highest BCUT2D eigenvalue weighted by atomic mass is 35.5. The van der Waals surface area contributed by atoms with Crippen LogP contribution in [0.1, 0.15) is 37.7 Å². The molecule has 2 N–H and O–H groups in total. The third kappa shape index (κ3) is 4.33. The zero-order chi connectivity index (χ0) is 15.2. The Hall–Kier alpha value is -1.81. The van der Waals surface area contributed by atoms with E-state index in [9.17, 15) is 0 Å². The van der Waals surface area contributed by atoms with Crippen LogP contribution in [0.2, 0.25) is 5.02 Å². The zero-order valence-corrected chi connectivity index (χ0v) is 13.4. The Morgan fingerprint density at radius 1 is 1.19 bits per heavy atom. The molecule has 1 aromatic heterocycles. The van der Waals surface area contributed by atoms with Crippen LogP contribution in [0.4, 0.5) is 11.6 Å². The van der Waals surface area contributed by atoms with E-state index in [1.54, 1.807) is 0 Å². The Morgan fingerprint density at radius 2 is 1.95 bits per heavy atom. The van der Waals surface area contributed by atoms with Gasteiger partial charge in [-0.2, -0.15) is 0 Å². The normalized spacial score (nSPS) is 12.0. The van der Waals surface area contributed by atoms with Gasteiger partial charge in [0, 0.05) is 30.6 Å². The molecular weight excluding hydrogens is 284 g/mol. The summed E-state index contributed by atoms with van der Waals surface area (Å²) in [6.07, 6.45) is 1.90. The van der Waals surface area contributed by atoms with Crippen LogP contribution in [0, 0.1) is 0 Å². The van der Waals surface area contributed by atoms with Gasteiger partial charge >= 0.3 is 0 Å². The Kier molecular flexibility index (Phi) is 5.39. The summed E-state index contributed by atoms with van der Waals surface area (Å²) in [6.45, 7) is 4.21. The molecule has 112 valence electrons.